The molecule has 0 saturated carbocycles. The Hall–Kier alpha value is -4.28. The van der Waals surface area contributed by atoms with Gasteiger partial charge in [0.25, 0.3) is 0 Å². The number of amides is 3. The van der Waals surface area contributed by atoms with Gasteiger partial charge in [-0.1, -0.05) is 36.4 Å². The summed E-state index contributed by atoms with van der Waals surface area (Å²) >= 11 is 0. The van der Waals surface area contributed by atoms with E-state index >= 15 is 0 Å². The molecule has 3 aromatic carbocycles. The van der Waals surface area contributed by atoms with Gasteiger partial charge in [-0.3, -0.25) is 14.6 Å². The van der Waals surface area contributed by atoms with Gasteiger partial charge in [0.1, 0.15) is 18.4 Å². The van der Waals surface area contributed by atoms with Crippen molar-refractivity contribution in [3.8, 4) is 17.2 Å². The molecule has 10 heteroatoms. The standard InChI is InChI=1S/C38H50N4O6/c1-4-41(31-12-6-5-7-13-31)38(44)42-20-9-8-15-34(42)37(43)39-33(18-16-29-17-19-35(45-2)36(27-29)46-3)30-11-10-14-32(28-30)48-26-23-40-21-24-47-25-22-40/h5-7,10-14,17,19,27-28,33-34H,4,8-9,15-16,18,20-26H2,1-3H3,(H,39,43). The van der Waals surface area contributed by atoms with Crippen molar-refractivity contribution >= 4 is 17.6 Å². The number of carbonyl (C=O) groups excluding carboxylic acids is 2. The zero-order valence-corrected chi connectivity index (χ0v) is 28.6. The SMILES string of the molecule is CCN(C(=O)N1CCCCC1C(=O)NC(CCc1ccc(OC)c(OC)c1)c1cccc(OCCN2CCOCC2)c1)c1ccccc1. The van der Waals surface area contributed by atoms with Gasteiger partial charge in [0.2, 0.25) is 5.91 Å². The Bertz CT molecular complexity index is 1460. The summed E-state index contributed by atoms with van der Waals surface area (Å²) in [7, 11) is 3.25. The number of nitrogens with zero attached hydrogens (tertiary/aromatic N) is 3. The number of methoxy groups -OCH3 is 2. The monoisotopic (exact) mass is 658 g/mol. The van der Waals surface area contributed by atoms with E-state index < -0.39 is 6.04 Å². The van der Waals surface area contributed by atoms with E-state index in [-0.39, 0.29) is 18.0 Å². The van der Waals surface area contributed by atoms with Crippen molar-refractivity contribution in [2.75, 3.05) is 71.7 Å². The summed E-state index contributed by atoms with van der Waals surface area (Å²) in [5.74, 6) is 1.97. The van der Waals surface area contributed by atoms with Crippen molar-refractivity contribution in [1.82, 2.24) is 15.1 Å². The van der Waals surface area contributed by atoms with E-state index in [1.165, 1.54) is 0 Å². The molecule has 3 amide bonds. The summed E-state index contributed by atoms with van der Waals surface area (Å²) in [5, 5.41) is 3.36. The molecule has 2 unspecified atom stereocenters. The predicted octanol–water partition coefficient (Wildman–Crippen LogP) is 5.71. The number of hydrogen-bond acceptors (Lipinski definition) is 7. The minimum atomic E-state index is -0.555. The van der Waals surface area contributed by atoms with Gasteiger partial charge in [0, 0.05) is 38.4 Å². The zero-order chi connectivity index (χ0) is 33.7. The molecule has 2 fully saturated rings. The lowest BCUT2D eigenvalue weighted by atomic mass is 9.96. The van der Waals surface area contributed by atoms with Gasteiger partial charge in [-0.15, -0.1) is 0 Å². The van der Waals surface area contributed by atoms with Gasteiger partial charge >= 0.3 is 6.03 Å². The third-order valence-electron chi connectivity index (χ3n) is 9.19. The van der Waals surface area contributed by atoms with Gasteiger partial charge in [-0.25, -0.2) is 4.79 Å². The van der Waals surface area contributed by atoms with Crippen LogP contribution in [-0.4, -0.2) is 94.5 Å². The normalized spacial score (nSPS) is 17.3. The van der Waals surface area contributed by atoms with Crippen LogP contribution in [0.15, 0.2) is 72.8 Å². The molecule has 5 rings (SSSR count). The molecular weight excluding hydrogens is 608 g/mol. The number of hydrogen-bond donors (Lipinski definition) is 1. The van der Waals surface area contributed by atoms with E-state index in [0.717, 1.165) is 68.3 Å². The fourth-order valence-corrected chi connectivity index (χ4v) is 6.50. The van der Waals surface area contributed by atoms with Crippen LogP contribution in [0.5, 0.6) is 17.2 Å². The van der Waals surface area contributed by atoms with Crippen molar-refractivity contribution < 1.29 is 28.5 Å². The summed E-state index contributed by atoms with van der Waals surface area (Å²) < 4.78 is 22.6. The Kier molecular flexibility index (Phi) is 13.0. The number of ether oxygens (including phenoxy) is 4. The third-order valence-corrected chi connectivity index (χ3v) is 9.19. The van der Waals surface area contributed by atoms with E-state index in [4.69, 9.17) is 18.9 Å². The summed E-state index contributed by atoms with van der Waals surface area (Å²) in [6, 6.07) is 22.6. The molecule has 0 aliphatic carbocycles. The minimum absolute atomic E-state index is 0.136. The Labute approximate surface area is 284 Å². The Morgan fingerprint density at radius 3 is 2.48 bits per heavy atom. The number of para-hydroxylation sites is 1. The highest BCUT2D eigenvalue weighted by atomic mass is 16.5. The maximum Gasteiger partial charge on any atom is 0.325 e. The molecule has 48 heavy (non-hydrogen) atoms. The first-order valence-corrected chi connectivity index (χ1v) is 17.2. The molecule has 0 aromatic heterocycles. The molecule has 0 radical (unpaired) electrons. The Balaban J connectivity index is 1.33. The van der Waals surface area contributed by atoms with Gasteiger partial charge in [0.15, 0.2) is 11.5 Å². The maximum atomic E-state index is 14.2. The van der Waals surface area contributed by atoms with E-state index in [1.54, 1.807) is 24.0 Å². The molecule has 0 bridgehead atoms. The fourth-order valence-electron chi connectivity index (χ4n) is 6.50. The van der Waals surface area contributed by atoms with Crippen LogP contribution in [0, 0.1) is 0 Å². The number of anilines is 1. The average Bonchev–Trinajstić information content (AvgIpc) is 3.14. The largest absolute Gasteiger partial charge is 0.493 e. The number of piperidine rings is 1. The number of benzene rings is 3. The average molecular weight is 659 g/mol. The number of aryl methyl sites for hydroxylation is 1. The second-order valence-corrected chi connectivity index (χ2v) is 12.2. The molecular formula is C38H50N4O6. The van der Waals surface area contributed by atoms with Crippen molar-refractivity contribution in [1.29, 1.82) is 0 Å². The highest BCUT2D eigenvalue weighted by Crippen LogP contribution is 2.30. The first kappa shape index (κ1) is 35.0. The second kappa shape index (κ2) is 17.8. The van der Waals surface area contributed by atoms with Crippen molar-refractivity contribution in [3.63, 3.8) is 0 Å². The molecule has 2 aliphatic heterocycles. The summed E-state index contributed by atoms with van der Waals surface area (Å²) in [5.41, 5.74) is 2.86. The van der Waals surface area contributed by atoms with Crippen LogP contribution >= 0.6 is 0 Å². The minimum Gasteiger partial charge on any atom is -0.493 e. The molecule has 3 aromatic rings. The highest BCUT2D eigenvalue weighted by molar-refractivity contribution is 5.95. The molecule has 2 heterocycles. The number of morpholine rings is 1. The van der Waals surface area contributed by atoms with Gasteiger partial charge in [-0.05, 0) is 86.6 Å². The molecule has 1 N–H and O–H groups in total. The van der Waals surface area contributed by atoms with Gasteiger partial charge in [-0.2, -0.15) is 0 Å². The molecule has 258 valence electrons. The number of urea groups is 1. The van der Waals surface area contributed by atoms with Crippen LogP contribution in [-0.2, 0) is 16.0 Å². The van der Waals surface area contributed by atoms with Crippen LogP contribution < -0.4 is 24.4 Å². The van der Waals surface area contributed by atoms with Crippen molar-refractivity contribution in [3.05, 3.63) is 83.9 Å². The van der Waals surface area contributed by atoms with Crippen LogP contribution in [0.1, 0.15) is 49.8 Å². The first-order chi connectivity index (χ1) is 23.5. The Morgan fingerprint density at radius 2 is 1.73 bits per heavy atom. The van der Waals surface area contributed by atoms with E-state index in [2.05, 4.69) is 10.2 Å². The molecule has 2 saturated heterocycles. The maximum absolute atomic E-state index is 14.2. The number of nitrogens with one attached hydrogen (secondary N) is 1. The molecule has 2 atom stereocenters. The van der Waals surface area contributed by atoms with Crippen molar-refractivity contribution in [2.24, 2.45) is 0 Å². The highest BCUT2D eigenvalue weighted by Gasteiger charge is 2.35. The van der Waals surface area contributed by atoms with Gasteiger partial charge in [0.05, 0.1) is 33.5 Å². The number of likely N-dealkylation sites (tertiary alicyclic amines) is 1. The third kappa shape index (κ3) is 9.20. The summed E-state index contributed by atoms with van der Waals surface area (Å²) in [4.78, 5) is 33.9. The van der Waals surface area contributed by atoms with Crippen LogP contribution in [0.3, 0.4) is 0 Å². The van der Waals surface area contributed by atoms with E-state index in [9.17, 15) is 9.59 Å². The lowest BCUT2D eigenvalue weighted by Crippen LogP contribution is -2.56. The molecule has 2 aliphatic rings. The second-order valence-electron chi connectivity index (χ2n) is 12.2. The van der Waals surface area contributed by atoms with Crippen LogP contribution in [0.2, 0.25) is 0 Å². The number of carbonyl (C=O) groups is 2. The summed E-state index contributed by atoms with van der Waals surface area (Å²) in [6.07, 6.45) is 3.72. The zero-order valence-electron chi connectivity index (χ0n) is 28.6. The van der Waals surface area contributed by atoms with Gasteiger partial charge < -0.3 is 29.2 Å². The topological polar surface area (TPSA) is 92.8 Å². The lowest BCUT2D eigenvalue weighted by molar-refractivity contribution is -0.127. The smallest absolute Gasteiger partial charge is 0.325 e. The van der Waals surface area contributed by atoms with Crippen LogP contribution in [0.25, 0.3) is 0 Å². The fraction of sp³-hybridized carbons (Fsp3) is 0.474. The summed E-state index contributed by atoms with van der Waals surface area (Å²) in [6.45, 7) is 7.75. The lowest BCUT2D eigenvalue weighted by Gasteiger charge is -2.38. The Morgan fingerprint density at radius 1 is 0.938 bits per heavy atom. The van der Waals surface area contributed by atoms with Crippen LogP contribution in [0.4, 0.5) is 10.5 Å². The predicted molar refractivity (Wildman–Crippen MR) is 187 cm³/mol. The first-order valence-electron chi connectivity index (χ1n) is 17.2. The van der Waals surface area contributed by atoms with E-state index in [1.807, 2.05) is 79.7 Å². The van der Waals surface area contributed by atoms with Crippen molar-refractivity contribution in [2.45, 2.75) is 51.1 Å². The molecule has 0 spiro atoms. The van der Waals surface area contributed by atoms with E-state index in [0.29, 0.717) is 50.5 Å². The molecule has 10 nitrogen and oxygen atoms in total. The quantitative estimate of drug-likeness (QED) is 0.237. The number of rotatable bonds is 14.